The summed E-state index contributed by atoms with van der Waals surface area (Å²) >= 11 is 0. The fourth-order valence-electron chi connectivity index (χ4n) is 11.5. The molecule has 2 nitrogen and oxygen atoms in total. The van der Waals surface area contributed by atoms with Crippen LogP contribution in [-0.2, 0) is 11.8 Å². The number of rotatable bonds is 5. The van der Waals surface area contributed by atoms with E-state index in [2.05, 4.69) is 218 Å². The number of hydrogen-bond acceptors (Lipinski definition) is 2. The van der Waals surface area contributed by atoms with Crippen molar-refractivity contribution in [1.82, 2.24) is 0 Å². The molecule has 0 bridgehead atoms. The Kier molecular flexibility index (Phi) is 7.72. The zero-order valence-corrected chi connectivity index (χ0v) is 34.6. The molecule has 0 N–H and O–H groups in total. The topological polar surface area (TPSA) is 16.4 Å². The van der Waals surface area contributed by atoms with Gasteiger partial charge in [-0.05, 0) is 115 Å². The van der Waals surface area contributed by atoms with E-state index in [4.69, 9.17) is 4.42 Å². The molecule has 0 aliphatic heterocycles. The number of hydrogen-bond donors (Lipinski definition) is 0. The Labute approximate surface area is 362 Å². The molecule has 294 valence electrons. The summed E-state index contributed by atoms with van der Waals surface area (Å²) in [5, 5.41) is 2.26. The number of para-hydroxylation sites is 2. The lowest BCUT2D eigenvalue weighted by Crippen LogP contribution is -2.35. The highest BCUT2D eigenvalue weighted by atomic mass is 16.3. The van der Waals surface area contributed by atoms with Crippen molar-refractivity contribution in [3.8, 4) is 33.4 Å². The van der Waals surface area contributed by atoms with E-state index in [9.17, 15) is 0 Å². The molecule has 0 fully saturated rings. The second kappa shape index (κ2) is 13.5. The standard InChI is InChI=1S/C60H43NO/c1-38-35-42(43-30-33-49-48-21-9-12-27-54(48)60(55(49)37-43)52-25-10-7-19-46(52)47-20-8-11-26-53(47)60)31-34-56(38)61(44-32-29-39-15-5-6-18-41(39)36-44)57-28-14-24-51-50-23-13-22-45(58(50)62-59(51)57)40-16-3-2-4-17-40/h2-4,6-14,16-38,56H,5,15H2,1H3. The van der Waals surface area contributed by atoms with Crippen LogP contribution >= 0.6 is 0 Å². The fourth-order valence-corrected chi connectivity index (χ4v) is 11.5. The van der Waals surface area contributed by atoms with Crippen molar-refractivity contribution in [2.45, 2.75) is 31.2 Å². The SMILES string of the molecule is CC1C=C(c2ccc3c(c2)C2(c4ccccc4-c4ccccc42)c2ccccc2-3)C=CC1N(c1ccc2c(c1)C=CCC2)c1cccc2c1oc1c(-c3ccccc3)cccc12. The maximum absolute atomic E-state index is 7.07. The van der Waals surface area contributed by atoms with Gasteiger partial charge in [0.1, 0.15) is 5.58 Å². The van der Waals surface area contributed by atoms with Gasteiger partial charge in [0.05, 0.1) is 17.1 Å². The van der Waals surface area contributed by atoms with Gasteiger partial charge in [-0.15, -0.1) is 0 Å². The van der Waals surface area contributed by atoms with E-state index in [0.29, 0.717) is 0 Å². The van der Waals surface area contributed by atoms with E-state index in [-0.39, 0.29) is 17.4 Å². The van der Waals surface area contributed by atoms with Gasteiger partial charge in [0.25, 0.3) is 0 Å². The van der Waals surface area contributed by atoms with E-state index in [1.54, 1.807) is 0 Å². The van der Waals surface area contributed by atoms with Gasteiger partial charge in [-0.2, -0.15) is 0 Å². The highest BCUT2D eigenvalue weighted by Gasteiger charge is 2.51. The first-order valence-corrected chi connectivity index (χ1v) is 22.1. The number of allylic oxidation sites excluding steroid dienone is 3. The van der Waals surface area contributed by atoms with Crippen molar-refractivity contribution >= 4 is 45.0 Å². The predicted molar refractivity (Wildman–Crippen MR) is 258 cm³/mol. The number of anilines is 2. The van der Waals surface area contributed by atoms with E-state index in [0.717, 1.165) is 51.6 Å². The van der Waals surface area contributed by atoms with Crippen LogP contribution in [0, 0.1) is 5.92 Å². The molecule has 0 amide bonds. The lowest BCUT2D eigenvalue weighted by molar-refractivity contribution is 0.606. The van der Waals surface area contributed by atoms with Gasteiger partial charge in [0.15, 0.2) is 5.58 Å². The summed E-state index contributed by atoms with van der Waals surface area (Å²) in [6, 6.07) is 65.3. The molecular weight excluding hydrogens is 751 g/mol. The molecule has 9 aromatic rings. The Bertz CT molecular complexity index is 3330. The van der Waals surface area contributed by atoms with Crippen molar-refractivity contribution in [1.29, 1.82) is 0 Å². The smallest absolute Gasteiger partial charge is 0.159 e. The monoisotopic (exact) mass is 793 g/mol. The van der Waals surface area contributed by atoms with Crippen LogP contribution in [0.15, 0.2) is 205 Å². The van der Waals surface area contributed by atoms with Crippen LogP contribution in [0.3, 0.4) is 0 Å². The van der Waals surface area contributed by atoms with Crippen LogP contribution in [-0.4, -0.2) is 6.04 Å². The predicted octanol–water partition coefficient (Wildman–Crippen LogP) is 15.4. The Morgan fingerprint density at radius 3 is 1.90 bits per heavy atom. The summed E-state index contributed by atoms with van der Waals surface area (Å²) in [4.78, 5) is 2.53. The molecule has 1 heterocycles. The molecule has 0 radical (unpaired) electrons. The zero-order valence-electron chi connectivity index (χ0n) is 34.6. The second-order valence-electron chi connectivity index (χ2n) is 17.5. The third-order valence-corrected chi connectivity index (χ3v) is 14.2. The van der Waals surface area contributed by atoms with Gasteiger partial charge < -0.3 is 9.32 Å². The third kappa shape index (κ3) is 4.98. The Balaban J connectivity index is 0.949. The van der Waals surface area contributed by atoms with Crippen molar-refractivity contribution in [2.24, 2.45) is 5.92 Å². The Hall–Kier alpha value is -7.42. The lowest BCUT2D eigenvalue weighted by Gasteiger charge is -2.37. The van der Waals surface area contributed by atoms with Crippen LogP contribution in [0.2, 0.25) is 0 Å². The number of fused-ring (bicyclic) bond motifs is 14. The average Bonchev–Trinajstić information content (AvgIpc) is 3.97. The van der Waals surface area contributed by atoms with E-state index >= 15 is 0 Å². The minimum Gasteiger partial charge on any atom is -0.453 e. The first-order chi connectivity index (χ1) is 30.7. The molecular formula is C60H43NO. The Morgan fingerprint density at radius 2 is 1.18 bits per heavy atom. The number of nitrogens with zero attached hydrogens (tertiary/aromatic N) is 1. The van der Waals surface area contributed by atoms with Crippen molar-refractivity contribution < 1.29 is 4.42 Å². The number of benzene rings is 8. The summed E-state index contributed by atoms with van der Waals surface area (Å²) in [7, 11) is 0. The first-order valence-electron chi connectivity index (χ1n) is 22.1. The molecule has 1 spiro atoms. The molecule has 4 aliphatic carbocycles. The molecule has 0 saturated carbocycles. The van der Waals surface area contributed by atoms with E-state index in [1.165, 1.54) is 72.5 Å². The first kappa shape index (κ1) is 35.3. The minimum absolute atomic E-state index is 0.0374. The normalized spacial score (nSPS) is 17.4. The molecule has 2 atom stereocenters. The molecule has 13 rings (SSSR count). The summed E-state index contributed by atoms with van der Waals surface area (Å²) in [5.74, 6) is 0.174. The third-order valence-electron chi connectivity index (χ3n) is 14.2. The number of furan rings is 1. The number of aryl methyl sites for hydroxylation is 1. The Morgan fingerprint density at radius 1 is 0.532 bits per heavy atom. The largest absolute Gasteiger partial charge is 0.453 e. The van der Waals surface area contributed by atoms with Crippen LogP contribution in [0.1, 0.15) is 52.3 Å². The average molecular weight is 794 g/mol. The van der Waals surface area contributed by atoms with Gasteiger partial charge in [-0.3, -0.25) is 0 Å². The van der Waals surface area contributed by atoms with Crippen LogP contribution < -0.4 is 4.90 Å². The van der Waals surface area contributed by atoms with E-state index < -0.39 is 0 Å². The van der Waals surface area contributed by atoms with Gasteiger partial charge in [-0.25, -0.2) is 0 Å². The molecule has 1 aromatic heterocycles. The summed E-state index contributed by atoms with van der Waals surface area (Å²) in [6.45, 7) is 2.37. The summed E-state index contributed by atoms with van der Waals surface area (Å²) in [5.41, 5.74) is 22.0. The van der Waals surface area contributed by atoms with Crippen LogP contribution in [0.5, 0.6) is 0 Å². The molecule has 2 unspecified atom stereocenters. The quantitative estimate of drug-likeness (QED) is 0.173. The van der Waals surface area contributed by atoms with Crippen molar-refractivity contribution in [3.63, 3.8) is 0 Å². The molecule has 8 aromatic carbocycles. The minimum atomic E-state index is -0.369. The summed E-state index contributed by atoms with van der Waals surface area (Å²) in [6.07, 6.45) is 14.1. The van der Waals surface area contributed by atoms with Gasteiger partial charge >= 0.3 is 0 Å². The van der Waals surface area contributed by atoms with Crippen LogP contribution in [0.4, 0.5) is 11.4 Å². The van der Waals surface area contributed by atoms with Gasteiger partial charge in [0.2, 0.25) is 0 Å². The van der Waals surface area contributed by atoms with Crippen molar-refractivity contribution in [2.75, 3.05) is 4.90 Å². The second-order valence-corrected chi connectivity index (χ2v) is 17.5. The van der Waals surface area contributed by atoms with Crippen molar-refractivity contribution in [3.05, 3.63) is 239 Å². The zero-order chi connectivity index (χ0) is 40.9. The highest BCUT2D eigenvalue weighted by Crippen LogP contribution is 2.63. The van der Waals surface area contributed by atoms with Crippen LogP contribution in [0.25, 0.3) is 67.0 Å². The highest BCUT2D eigenvalue weighted by molar-refractivity contribution is 6.13. The maximum Gasteiger partial charge on any atom is 0.159 e. The fraction of sp³-hybridized carbons (Fsp3) is 0.100. The molecule has 4 aliphatic rings. The summed E-state index contributed by atoms with van der Waals surface area (Å²) < 4.78 is 7.07. The van der Waals surface area contributed by atoms with E-state index in [1.807, 2.05) is 0 Å². The lowest BCUT2D eigenvalue weighted by atomic mass is 9.70. The van der Waals surface area contributed by atoms with Gasteiger partial charge in [0, 0.05) is 22.0 Å². The maximum atomic E-state index is 7.07. The van der Waals surface area contributed by atoms with Gasteiger partial charge in [-0.1, -0.05) is 189 Å². The molecule has 62 heavy (non-hydrogen) atoms. The molecule has 0 saturated heterocycles. The molecule has 2 heteroatoms.